The van der Waals surface area contributed by atoms with Gasteiger partial charge >= 0.3 is 0 Å². The molecule has 0 bridgehead atoms. The number of aliphatic imine (C=N–C) groups is 1. The maximum Gasteiger partial charge on any atom is 0.195 e. The van der Waals surface area contributed by atoms with E-state index in [2.05, 4.69) is 15.6 Å². The minimum absolute atomic E-state index is 0.551. The second-order valence-electron chi connectivity index (χ2n) is 6.26. The third-order valence-corrected chi connectivity index (χ3v) is 4.81. The van der Waals surface area contributed by atoms with Crippen LogP contribution in [0.5, 0.6) is 11.5 Å². The molecule has 5 nitrogen and oxygen atoms in total. The third-order valence-electron chi connectivity index (χ3n) is 4.81. The van der Waals surface area contributed by atoms with Gasteiger partial charge in [-0.1, -0.05) is 0 Å². The van der Waals surface area contributed by atoms with Gasteiger partial charge in [0.05, 0.1) is 14.2 Å². The molecule has 1 aromatic rings. The van der Waals surface area contributed by atoms with Gasteiger partial charge in [0.1, 0.15) is 0 Å². The second-order valence-corrected chi connectivity index (χ2v) is 6.26. The van der Waals surface area contributed by atoms with Gasteiger partial charge in [-0.05, 0) is 49.1 Å². The van der Waals surface area contributed by atoms with Crippen molar-refractivity contribution in [2.24, 2.45) is 16.3 Å². The van der Waals surface area contributed by atoms with E-state index in [1.807, 2.05) is 18.2 Å². The summed E-state index contributed by atoms with van der Waals surface area (Å²) in [5, 5.41) is 6.79. The fourth-order valence-corrected chi connectivity index (χ4v) is 3.08. The molecule has 22 heavy (non-hydrogen) atoms. The topological polar surface area (TPSA) is 54.9 Å². The number of nitrogens with zero attached hydrogens (tertiary/aromatic N) is 1. The molecular formula is C17H25N3O2. The van der Waals surface area contributed by atoms with Gasteiger partial charge in [-0.3, -0.25) is 4.99 Å². The largest absolute Gasteiger partial charge is 0.493 e. The van der Waals surface area contributed by atoms with Crippen LogP contribution in [0.3, 0.4) is 0 Å². The van der Waals surface area contributed by atoms with Crippen LogP contribution >= 0.6 is 0 Å². The van der Waals surface area contributed by atoms with Gasteiger partial charge in [0, 0.05) is 25.3 Å². The maximum absolute atomic E-state index is 5.33. The standard InChI is InChI=1S/C17H25N3O2/c1-18-16(19-11-17(8-9-17)12-4-5-12)20-13-6-7-14(21-2)15(10-13)22-3/h6-7,10,12H,4-5,8-9,11H2,1-3H3,(H2,18,19,20). The van der Waals surface area contributed by atoms with Crippen LogP contribution in [-0.2, 0) is 0 Å². The number of benzene rings is 1. The molecule has 0 spiro atoms. The van der Waals surface area contributed by atoms with E-state index in [-0.39, 0.29) is 0 Å². The van der Waals surface area contributed by atoms with E-state index in [0.29, 0.717) is 11.2 Å². The maximum atomic E-state index is 5.33. The first-order chi connectivity index (χ1) is 10.7. The molecule has 1 aromatic carbocycles. The van der Waals surface area contributed by atoms with Crippen LogP contribution in [0, 0.1) is 11.3 Å². The number of hydrogen-bond donors (Lipinski definition) is 2. The molecule has 0 saturated heterocycles. The Morgan fingerprint density at radius 3 is 2.50 bits per heavy atom. The van der Waals surface area contributed by atoms with Crippen LogP contribution in [0.15, 0.2) is 23.2 Å². The quantitative estimate of drug-likeness (QED) is 0.627. The van der Waals surface area contributed by atoms with Gasteiger partial charge < -0.3 is 20.1 Å². The van der Waals surface area contributed by atoms with Crippen molar-refractivity contribution < 1.29 is 9.47 Å². The zero-order valence-corrected chi connectivity index (χ0v) is 13.6. The lowest BCUT2D eigenvalue weighted by molar-refractivity contribution is 0.355. The van der Waals surface area contributed by atoms with Gasteiger partial charge in [0.15, 0.2) is 17.5 Å². The molecule has 5 heteroatoms. The average molecular weight is 303 g/mol. The van der Waals surface area contributed by atoms with E-state index in [9.17, 15) is 0 Å². The van der Waals surface area contributed by atoms with E-state index in [4.69, 9.17) is 9.47 Å². The molecule has 0 atom stereocenters. The van der Waals surface area contributed by atoms with Crippen molar-refractivity contribution in [3.63, 3.8) is 0 Å². The minimum Gasteiger partial charge on any atom is -0.493 e. The fourth-order valence-electron chi connectivity index (χ4n) is 3.08. The van der Waals surface area contributed by atoms with Crippen molar-refractivity contribution in [3.05, 3.63) is 18.2 Å². The summed E-state index contributed by atoms with van der Waals surface area (Å²) in [7, 11) is 5.08. The van der Waals surface area contributed by atoms with Crippen molar-refractivity contribution in [3.8, 4) is 11.5 Å². The molecule has 0 unspecified atom stereocenters. The van der Waals surface area contributed by atoms with Gasteiger partial charge in [-0.2, -0.15) is 0 Å². The van der Waals surface area contributed by atoms with Gasteiger partial charge in [-0.25, -0.2) is 0 Å². The summed E-state index contributed by atoms with van der Waals surface area (Å²) < 4.78 is 10.6. The summed E-state index contributed by atoms with van der Waals surface area (Å²) in [5.41, 5.74) is 1.48. The monoisotopic (exact) mass is 303 g/mol. The predicted octanol–water partition coefficient (Wildman–Crippen LogP) is 2.88. The number of hydrogen-bond acceptors (Lipinski definition) is 3. The summed E-state index contributed by atoms with van der Waals surface area (Å²) in [6.45, 7) is 1.02. The highest BCUT2D eigenvalue weighted by atomic mass is 16.5. The molecule has 120 valence electrons. The minimum atomic E-state index is 0.551. The highest BCUT2D eigenvalue weighted by molar-refractivity contribution is 5.93. The molecule has 0 aliphatic heterocycles. The molecule has 0 heterocycles. The van der Waals surface area contributed by atoms with Crippen molar-refractivity contribution in [1.29, 1.82) is 0 Å². The Balaban J connectivity index is 1.60. The summed E-state index contributed by atoms with van der Waals surface area (Å²) in [4.78, 5) is 4.31. The molecule has 2 aliphatic carbocycles. The number of nitrogens with one attached hydrogen (secondary N) is 2. The Morgan fingerprint density at radius 1 is 1.23 bits per heavy atom. The van der Waals surface area contributed by atoms with E-state index in [0.717, 1.165) is 29.9 Å². The van der Waals surface area contributed by atoms with Crippen LogP contribution in [0.1, 0.15) is 25.7 Å². The molecule has 0 amide bonds. The third kappa shape index (κ3) is 3.13. The lowest BCUT2D eigenvalue weighted by Gasteiger charge is -2.18. The molecular weight excluding hydrogens is 278 g/mol. The van der Waals surface area contributed by atoms with Crippen molar-refractivity contribution in [2.45, 2.75) is 25.7 Å². The van der Waals surface area contributed by atoms with Crippen LogP contribution in [0.4, 0.5) is 5.69 Å². The lowest BCUT2D eigenvalue weighted by atomic mass is 10.0. The highest BCUT2D eigenvalue weighted by Gasteiger charge is 2.53. The van der Waals surface area contributed by atoms with Gasteiger partial charge in [-0.15, -0.1) is 0 Å². The summed E-state index contributed by atoms with van der Waals surface area (Å²) >= 11 is 0. The SMILES string of the molecule is CN=C(NCC1(C2CC2)CC1)Nc1ccc(OC)c(OC)c1. The highest BCUT2D eigenvalue weighted by Crippen LogP contribution is 2.60. The smallest absolute Gasteiger partial charge is 0.195 e. The van der Waals surface area contributed by atoms with E-state index in [1.54, 1.807) is 21.3 Å². The molecule has 0 aromatic heterocycles. The fraction of sp³-hybridized carbons (Fsp3) is 0.588. The number of rotatable bonds is 6. The number of methoxy groups -OCH3 is 2. The Morgan fingerprint density at radius 2 is 1.95 bits per heavy atom. The zero-order valence-electron chi connectivity index (χ0n) is 13.6. The summed E-state index contributed by atoms with van der Waals surface area (Å²) in [5.74, 6) is 3.18. The summed E-state index contributed by atoms with van der Waals surface area (Å²) in [6.07, 6.45) is 5.53. The Kier molecular flexibility index (Phi) is 4.14. The molecule has 2 fully saturated rings. The lowest BCUT2D eigenvalue weighted by Crippen LogP contribution is -2.36. The predicted molar refractivity (Wildman–Crippen MR) is 88.9 cm³/mol. The molecule has 2 N–H and O–H groups in total. The van der Waals surface area contributed by atoms with Crippen LogP contribution in [-0.4, -0.2) is 33.8 Å². The zero-order chi connectivity index (χ0) is 15.6. The number of guanidine groups is 1. The molecule has 2 aliphatic rings. The first-order valence-electron chi connectivity index (χ1n) is 7.90. The average Bonchev–Trinajstić information content (AvgIpc) is 3.43. The van der Waals surface area contributed by atoms with Gasteiger partial charge in [0.2, 0.25) is 0 Å². The van der Waals surface area contributed by atoms with Crippen LogP contribution in [0.25, 0.3) is 0 Å². The Bertz CT molecular complexity index is 563. The number of ether oxygens (including phenoxy) is 2. The van der Waals surface area contributed by atoms with Crippen LogP contribution < -0.4 is 20.1 Å². The van der Waals surface area contributed by atoms with Crippen molar-refractivity contribution >= 4 is 11.6 Å². The second kappa shape index (κ2) is 6.07. The van der Waals surface area contributed by atoms with E-state index >= 15 is 0 Å². The van der Waals surface area contributed by atoms with Crippen LogP contribution in [0.2, 0.25) is 0 Å². The number of anilines is 1. The molecule has 0 radical (unpaired) electrons. The Hall–Kier alpha value is -1.91. The van der Waals surface area contributed by atoms with E-state index < -0.39 is 0 Å². The molecule has 3 rings (SSSR count). The first kappa shape index (κ1) is 15.0. The van der Waals surface area contributed by atoms with Crippen molar-refractivity contribution in [2.75, 3.05) is 33.1 Å². The van der Waals surface area contributed by atoms with Crippen molar-refractivity contribution in [1.82, 2.24) is 5.32 Å². The first-order valence-corrected chi connectivity index (χ1v) is 7.90. The normalized spacial score (nSPS) is 19.5. The molecule has 2 saturated carbocycles. The Labute approximate surface area is 132 Å². The summed E-state index contributed by atoms with van der Waals surface area (Å²) in [6, 6.07) is 5.77. The van der Waals surface area contributed by atoms with Gasteiger partial charge in [0.25, 0.3) is 0 Å². The van der Waals surface area contributed by atoms with E-state index in [1.165, 1.54) is 25.7 Å².